The van der Waals surface area contributed by atoms with Crippen molar-refractivity contribution in [1.29, 1.82) is 0 Å². The van der Waals surface area contributed by atoms with E-state index in [2.05, 4.69) is 11.9 Å². The molecule has 0 amide bonds. The first kappa shape index (κ1) is 8.05. The summed E-state index contributed by atoms with van der Waals surface area (Å²) >= 11 is 0. The van der Waals surface area contributed by atoms with Crippen LogP contribution < -0.4 is 4.74 Å². The summed E-state index contributed by atoms with van der Waals surface area (Å²) in [5.74, 6) is 0.848. The Balaban J connectivity index is 2.61. The van der Waals surface area contributed by atoms with Crippen LogP contribution in [0.2, 0.25) is 0 Å². The van der Waals surface area contributed by atoms with Crippen LogP contribution in [-0.2, 0) is 0 Å². The monoisotopic (exact) mass is 172 g/mol. The Labute approximate surface area is 77.2 Å². The Morgan fingerprint density at radius 1 is 1.23 bits per heavy atom. The zero-order chi connectivity index (χ0) is 9.10. The summed E-state index contributed by atoms with van der Waals surface area (Å²) in [5, 5.41) is 1.04. The minimum absolute atomic E-state index is 0.438. The summed E-state index contributed by atoms with van der Waals surface area (Å²) < 4.78 is 5.37. The van der Waals surface area contributed by atoms with Gasteiger partial charge in [-0.3, -0.25) is 4.98 Å². The molecule has 0 saturated carbocycles. The lowest BCUT2D eigenvalue weighted by atomic mass is 10.2. The van der Waals surface area contributed by atoms with E-state index in [4.69, 9.17) is 4.74 Å². The van der Waals surface area contributed by atoms with E-state index in [-0.39, 0.29) is 0 Å². The molecule has 0 aliphatic heterocycles. The molecule has 0 atom stereocenters. The van der Waals surface area contributed by atoms with Gasteiger partial charge in [0.05, 0.1) is 12.1 Å². The van der Waals surface area contributed by atoms with Crippen LogP contribution in [0.15, 0.2) is 36.5 Å². The van der Waals surface area contributed by atoms with Crippen LogP contribution in [0.3, 0.4) is 0 Å². The molecule has 0 fully saturated rings. The number of benzene rings is 1. The first-order chi connectivity index (χ1) is 6.42. The Kier molecular flexibility index (Phi) is 2.13. The van der Waals surface area contributed by atoms with Crippen molar-refractivity contribution in [3.05, 3.63) is 43.5 Å². The zero-order valence-corrected chi connectivity index (χ0v) is 7.23. The maximum Gasteiger partial charge on any atom is 0.128 e. The highest BCUT2D eigenvalue weighted by Crippen LogP contribution is 2.23. The predicted molar refractivity (Wildman–Crippen MR) is 52.6 cm³/mol. The van der Waals surface area contributed by atoms with Crippen molar-refractivity contribution < 1.29 is 4.74 Å². The van der Waals surface area contributed by atoms with Crippen molar-refractivity contribution in [2.24, 2.45) is 0 Å². The molecule has 0 bridgehead atoms. The van der Waals surface area contributed by atoms with E-state index in [1.165, 1.54) is 0 Å². The fourth-order valence-corrected chi connectivity index (χ4v) is 1.31. The molecular formula is C11H10NO. The molecule has 0 unspecified atom stereocenters. The van der Waals surface area contributed by atoms with Gasteiger partial charge in [0.2, 0.25) is 0 Å². The summed E-state index contributed by atoms with van der Waals surface area (Å²) in [6.45, 7) is 4.08. The molecule has 2 nitrogen and oxygen atoms in total. The highest BCUT2D eigenvalue weighted by atomic mass is 16.5. The molecule has 1 aromatic carbocycles. The number of rotatable bonds is 2. The Morgan fingerprint density at radius 2 is 2.15 bits per heavy atom. The van der Waals surface area contributed by atoms with E-state index in [0.29, 0.717) is 6.61 Å². The minimum Gasteiger partial charge on any atom is -0.493 e. The molecule has 0 aliphatic rings. The largest absolute Gasteiger partial charge is 0.493 e. The molecule has 2 rings (SSSR count). The van der Waals surface area contributed by atoms with Crippen molar-refractivity contribution in [3.63, 3.8) is 0 Å². The number of hydrogen-bond donors (Lipinski definition) is 0. The second kappa shape index (κ2) is 3.44. The molecule has 2 heteroatoms. The zero-order valence-electron chi connectivity index (χ0n) is 7.23. The molecule has 0 saturated heterocycles. The maximum atomic E-state index is 5.37. The van der Waals surface area contributed by atoms with Crippen molar-refractivity contribution in [3.8, 4) is 5.75 Å². The molecule has 0 N–H and O–H groups in total. The molecular weight excluding hydrogens is 162 g/mol. The van der Waals surface area contributed by atoms with Gasteiger partial charge in [-0.25, -0.2) is 0 Å². The number of hydrogen-bond acceptors (Lipinski definition) is 2. The molecule has 13 heavy (non-hydrogen) atoms. The fraction of sp³-hybridized carbons (Fsp3) is 0.0909. The molecule has 0 aliphatic carbocycles. The normalized spacial score (nSPS) is 10.2. The van der Waals surface area contributed by atoms with Crippen LogP contribution in [0.4, 0.5) is 0 Å². The molecule has 65 valence electrons. The Hall–Kier alpha value is -1.57. The van der Waals surface area contributed by atoms with Crippen LogP contribution in [0.25, 0.3) is 10.9 Å². The van der Waals surface area contributed by atoms with Gasteiger partial charge in [0.15, 0.2) is 0 Å². The van der Waals surface area contributed by atoms with Gasteiger partial charge in [0.25, 0.3) is 0 Å². The lowest BCUT2D eigenvalue weighted by Crippen LogP contribution is -1.92. The number of nitrogens with zero attached hydrogens (tertiary/aromatic N) is 1. The first-order valence-electron chi connectivity index (χ1n) is 4.17. The van der Waals surface area contributed by atoms with Gasteiger partial charge >= 0.3 is 0 Å². The third-order valence-electron chi connectivity index (χ3n) is 1.86. The maximum absolute atomic E-state index is 5.37. The highest BCUT2D eigenvalue weighted by molar-refractivity contribution is 5.84. The lowest BCUT2D eigenvalue weighted by Gasteiger charge is -2.05. The van der Waals surface area contributed by atoms with Crippen molar-refractivity contribution in [2.45, 2.75) is 0 Å². The van der Waals surface area contributed by atoms with E-state index in [0.717, 1.165) is 16.7 Å². The van der Waals surface area contributed by atoms with Gasteiger partial charge in [0, 0.05) is 11.6 Å². The summed E-state index contributed by atoms with van der Waals surface area (Å²) in [6, 6.07) is 9.71. The third-order valence-corrected chi connectivity index (χ3v) is 1.86. The smallest absolute Gasteiger partial charge is 0.128 e. The van der Waals surface area contributed by atoms with Crippen LogP contribution >= 0.6 is 0 Å². The topological polar surface area (TPSA) is 22.1 Å². The number of aromatic nitrogens is 1. The summed E-state index contributed by atoms with van der Waals surface area (Å²) in [7, 11) is 0. The van der Waals surface area contributed by atoms with Gasteiger partial charge in [-0.1, -0.05) is 6.07 Å². The van der Waals surface area contributed by atoms with E-state index >= 15 is 0 Å². The third kappa shape index (κ3) is 1.47. The van der Waals surface area contributed by atoms with Gasteiger partial charge in [-0.15, -0.1) is 0 Å². The van der Waals surface area contributed by atoms with Crippen LogP contribution in [0, 0.1) is 6.92 Å². The van der Waals surface area contributed by atoms with Gasteiger partial charge < -0.3 is 4.74 Å². The quantitative estimate of drug-likeness (QED) is 0.694. The van der Waals surface area contributed by atoms with Gasteiger partial charge in [-0.05, 0) is 31.2 Å². The van der Waals surface area contributed by atoms with Crippen molar-refractivity contribution >= 4 is 10.9 Å². The van der Waals surface area contributed by atoms with Crippen LogP contribution in [-0.4, -0.2) is 11.6 Å². The number of fused-ring (bicyclic) bond motifs is 1. The Bertz CT molecular complexity index is 406. The SMILES string of the molecule is [CH2]COc1cccc2ncccc12. The second-order valence-corrected chi connectivity index (χ2v) is 2.67. The predicted octanol–water partition coefficient (Wildman–Crippen LogP) is 2.45. The average molecular weight is 172 g/mol. The van der Waals surface area contributed by atoms with E-state index in [1.54, 1.807) is 6.20 Å². The van der Waals surface area contributed by atoms with Crippen LogP contribution in [0.5, 0.6) is 5.75 Å². The van der Waals surface area contributed by atoms with Crippen molar-refractivity contribution in [1.82, 2.24) is 4.98 Å². The molecule has 2 aromatic rings. The molecule has 0 spiro atoms. The molecule has 1 heterocycles. The second-order valence-electron chi connectivity index (χ2n) is 2.67. The summed E-state index contributed by atoms with van der Waals surface area (Å²) in [4.78, 5) is 4.22. The minimum atomic E-state index is 0.438. The van der Waals surface area contributed by atoms with Crippen molar-refractivity contribution in [2.75, 3.05) is 6.61 Å². The molecule has 1 aromatic heterocycles. The lowest BCUT2D eigenvalue weighted by molar-refractivity contribution is 0.365. The molecule has 1 radical (unpaired) electrons. The fourth-order valence-electron chi connectivity index (χ4n) is 1.31. The van der Waals surface area contributed by atoms with Gasteiger partial charge in [0.1, 0.15) is 5.75 Å². The number of pyridine rings is 1. The van der Waals surface area contributed by atoms with E-state index in [1.807, 2.05) is 30.3 Å². The van der Waals surface area contributed by atoms with E-state index < -0.39 is 0 Å². The van der Waals surface area contributed by atoms with Crippen LogP contribution in [0.1, 0.15) is 0 Å². The van der Waals surface area contributed by atoms with E-state index in [9.17, 15) is 0 Å². The number of ether oxygens (including phenoxy) is 1. The highest BCUT2D eigenvalue weighted by Gasteiger charge is 1.99. The summed E-state index contributed by atoms with van der Waals surface area (Å²) in [6.07, 6.45) is 1.77. The Morgan fingerprint density at radius 3 is 3.00 bits per heavy atom. The standard InChI is InChI=1S/C11H10NO/c1-2-13-11-7-3-6-10-9(11)5-4-8-12-10/h3-8H,1-2H2. The average Bonchev–Trinajstić information content (AvgIpc) is 2.19. The van der Waals surface area contributed by atoms with Gasteiger partial charge in [-0.2, -0.15) is 0 Å². The summed E-state index contributed by atoms with van der Waals surface area (Å²) in [5.41, 5.74) is 0.952. The first-order valence-corrected chi connectivity index (χ1v) is 4.17.